The summed E-state index contributed by atoms with van der Waals surface area (Å²) < 4.78 is 1.89. The summed E-state index contributed by atoms with van der Waals surface area (Å²) in [5.74, 6) is 0.625. The third-order valence-electron chi connectivity index (χ3n) is 3.70. The van der Waals surface area contributed by atoms with Crippen LogP contribution in [0.2, 0.25) is 0 Å². The first-order chi connectivity index (χ1) is 10.0. The minimum Gasteiger partial charge on any atom is -0.392 e. The van der Waals surface area contributed by atoms with Crippen molar-refractivity contribution in [2.75, 3.05) is 0 Å². The van der Waals surface area contributed by atoms with Gasteiger partial charge in [-0.2, -0.15) is 0 Å². The Bertz CT molecular complexity index is 479. The number of thiocarbonyl (C=S) groups is 1. The lowest BCUT2D eigenvalue weighted by Gasteiger charge is -2.30. The van der Waals surface area contributed by atoms with E-state index in [1.807, 2.05) is 25.3 Å². The molecule has 3 N–H and O–H groups in total. The lowest BCUT2D eigenvalue weighted by atomic mass is 9.78. The third kappa shape index (κ3) is 4.00. The van der Waals surface area contributed by atoms with Gasteiger partial charge in [0.05, 0.1) is 16.9 Å². The van der Waals surface area contributed by atoms with E-state index in [0.29, 0.717) is 19.4 Å². The normalized spacial score (nSPS) is 11.4. The number of carbonyl (C=O) groups is 1. The minimum atomic E-state index is -0.754. The molecule has 1 heterocycles. The molecule has 1 aromatic rings. The first-order valence-corrected chi connectivity index (χ1v) is 7.87. The molecular formula is C14H25N5OS. The van der Waals surface area contributed by atoms with Gasteiger partial charge in [-0.15, -0.1) is 10.2 Å². The van der Waals surface area contributed by atoms with Crippen LogP contribution in [0.5, 0.6) is 0 Å². The van der Waals surface area contributed by atoms with Gasteiger partial charge in [-0.25, -0.2) is 0 Å². The summed E-state index contributed by atoms with van der Waals surface area (Å²) in [5.41, 5.74) is 5.13. The second-order valence-electron chi connectivity index (χ2n) is 5.16. The van der Waals surface area contributed by atoms with Gasteiger partial charge in [0.15, 0.2) is 5.82 Å². The molecule has 0 atom stereocenters. The number of aryl methyl sites for hydroxylation is 1. The predicted molar refractivity (Wildman–Crippen MR) is 86.6 cm³/mol. The zero-order valence-electron chi connectivity index (χ0n) is 13.1. The molecule has 0 aliphatic rings. The maximum Gasteiger partial charge on any atom is 0.233 e. The highest BCUT2D eigenvalue weighted by Crippen LogP contribution is 2.31. The van der Waals surface area contributed by atoms with Crippen molar-refractivity contribution in [1.29, 1.82) is 0 Å². The van der Waals surface area contributed by atoms with Gasteiger partial charge in [0.2, 0.25) is 5.91 Å². The van der Waals surface area contributed by atoms with E-state index < -0.39 is 5.41 Å². The molecule has 1 rings (SSSR count). The van der Waals surface area contributed by atoms with Crippen molar-refractivity contribution in [3.63, 3.8) is 0 Å². The fraction of sp³-hybridized carbons (Fsp3) is 0.714. The largest absolute Gasteiger partial charge is 0.392 e. The van der Waals surface area contributed by atoms with Crippen molar-refractivity contribution in [1.82, 2.24) is 20.1 Å². The van der Waals surface area contributed by atoms with Gasteiger partial charge >= 0.3 is 0 Å². The fourth-order valence-corrected chi connectivity index (χ4v) is 2.87. The second-order valence-corrected chi connectivity index (χ2v) is 5.60. The molecule has 1 amide bonds. The standard InChI is InChI=1S/C14H25N5OS/c1-4-7-14(8-5-2,12(15)21)13(20)16-9-11-18-17-10-19(11)6-3/h10H,4-9H2,1-3H3,(H2,15,21)(H,16,20). The van der Waals surface area contributed by atoms with Crippen LogP contribution >= 0.6 is 12.2 Å². The summed E-state index contributed by atoms with van der Waals surface area (Å²) in [5, 5.41) is 10.8. The minimum absolute atomic E-state index is 0.107. The number of nitrogens with one attached hydrogen (secondary N) is 1. The van der Waals surface area contributed by atoms with Crippen molar-refractivity contribution in [3.05, 3.63) is 12.2 Å². The van der Waals surface area contributed by atoms with Crippen molar-refractivity contribution < 1.29 is 4.79 Å². The molecule has 0 radical (unpaired) electrons. The van der Waals surface area contributed by atoms with Gasteiger partial charge in [-0.1, -0.05) is 38.9 Å². The Morgan fingerprint density at radius 3 is 2.48 bits per heavy atom. The van der Waals surface area contributed by atoms with E-state index in [2.05, 4.69) is 15.5 Å². The average Bonchev–Trinajstić information content (AvgIpc) is 2.91. The van der Waals surface area contributed by atoms with E-state index in [1.54, 1.807) is 6.33 Å². The van der Waals surface area contributed by atoms with Gasteiger partial charge in [-0.05, 0) is 19.8 Å². The number of hydrogen-bond acceptors (Lipinski definition) is 4. The van der Waals surface area contributed by atoms with Gasteiger partial charge in [0, 0.05) is 6.54 Å². The van der Waals surface area contributed by atoms with Crippen molar-refractivity contribution in [3.8, 4) is 0 Å². The Hall–Kier alpha value is -1.50. The summed E-state index contributed by atoms with van der Waals surface area (Å²) in [6.45, 7) is 7.17. The van der Waals surface area contributed by atoms with E-state index in [1.165, 1.54) is 0 Å². The summed E-state index contributed by atoms with van der Waals surface area (Å²) in [6, 6.07) is 0. The number of rotatable bonds is 9. The maximum absolute atomic E-state index is 12.6. The average molecular weight is 311 g/mol. The molecular weight excluding hydrogens is 286 g/mol. The van der Waals surface area contributed by atoms with E-state index >= 15 is 0 Å². The first-order valence-electron chi connectivity index (χ1n) is 7.46. The number of nitrogens with zero attached hydrogens (tertiary/aromatic N) is 3. The molecule has 1 aromatic heterocycles. The first kappa shape index (κ1) is 17.6. The molecule has 0 bridgehead atoms. The van der Waals surface area contributed by atoms with Crippen LogP contribution in [0.1, 0.15) is 52.3 Å². The van der Waals surface area contributed by atoms with Crippen molar-refractivity contribution in [2.24, 2.45) is 11.1 Å². The molecule has 21 heavy (non-hydrogen) atoms. The molecule has 0 aromatic carbocycles. The highest BCUT2D eigenvalue weighted by Gasteiger charge is 2.39. The van der Waals surface area contributed by atoms with Crippen LogP contribution < -0.4 is 11.1 Å². The fourth-order valence-electron chi connectivity index (χ4n) is 2.57. The molecule has 0 aliphatic heterocycles. The lowest BCUT2D eigenvalue weighted by molar-refractivity contribution is -0.128. The quantitative estimate of drug-likeness (QED) is 0.679. The van der Waals surface area contributed by atoms with Crippen LogP contribution in [0.15, 0.2) is 6.33 Å². The number of amides is 1. The van der Waals surface area contributed by atoms with E-state index in [4.69, 9.17) is 18.0 Å². The summed E-state index contributed by atoms with van der Waals surface area (Å²) in [6.07, 6.45) is 4.71. The molecule has 0 spiro atoms. The topological polar surface area (TPSA) is 85.8 Å². The van der Waals surface area contributed by atoms with E-state index in [0.717, 1.165) is 25.2 Å². The van der Waals surface area contributed by atoms with Crippen LogP contribution in [-0.4, -0.2) is 25.7 Å². The highest BCUT2D eigenvalue weighted by atomic mass is 32.1. The predicted octanol–water partition coefficient (Wildman–Crippen LogP) is 1.79. The third-order valence-corrected chi connectivity index (χ3v) is 4.09. The SMILES string of the molecule is CCCC(CCC)(C(=O)NCc1nncn1CC)C(N)=S. The maximum atomic E-state index is 12.6. The van der Waals surface area contributed by atoms with Crippen LogP contribution in [0.25, 0.3) is 0 Å². The molecule has 0 aliphatic carbocycles. The van der Waals surface area contributed by atoms with Crippen LogP contribution in [0.3, 0.4) is 0 Å². The smallest absolute Gasteiger partial charge is 0.233 e. The number of aromatic nitrogens is 3. The lowest BCUT2D eigenvalue weighted by Crippen LogP contribution is -2.48. The summed E-state index contributed by atoms with van der Waals surface area (Å²) >= 11 is 5.18. The zero-order valence-corrected chi connectivity index (χ0v) is 13.9. The van der Waals surface area contributed by atoms with Crippen LogP contribution in [-0.2, 0) is 17.9 Å². The van der Waals surface area contributed by atoms with Crippen LogP contribution in [0, 0.1) is 5.41 Å². The summed E-state index contributed by atoms with van der Waals surface area (Å²) in [7, 11) is 0. The van der Waals surface area contributed by atoms with E-state index in [9.17, 15) is 4.79 Å². The second kappa shape index (κ2) is 8.07. The monoisotopic (exact) mass is 311 g/mol. The van der Waals surface area contributed by atoms with Gasteiger partial charge in [0.1, 0.15) is 6.33 Å². The molecule has 0 unspecified atom stereocenters. The van der Waals surface area contributed by atoms with Gasteiger partial charge in [-0.3, -0.25) is 4.79 Å². The Morgan fingerprint density at radius 2 is 2.00 bits per heavy atom. The Kier molecular flexibility index (Phi) is 6.74. The van der Waals surface area contributed by atoms with Gasteiger partial charge in [0.25, 0.3) is 0 Å². The zero-order chi connectivity index (χ0) is 15.9. The molecule has 0 saturated carbocycles. The molecule has 6 nitrogen and oxygen atoms in total. The summed E-state index contributed by atoms with van der Waals surface area (Å²) in [4.78, 5) is 12.9. The van der Waals surface area contributed by atoms with E-state index in [-0.39, 0.29) is 10.9 Å². The molecule has 0 fully saturated rings. The Morgan fingerprint density at radius 1 is 1.38 bits per heavy atom. The molecule has 7 heteroatoms. The number of nitrogens with two attached hydrogens (primary N) is 1. The number of hydrogen-bond donors (Lipinski definition) is 2. The van der Waals surface area contributed by atoms with Crippen LogP contribution in [0.4, 0.5) is 0 Å². The Balaban J connectivity index is 2.83. The van der Waals surface area contributed by atoms with Gasteiger partial charge < -0.3 is 15.6 Å². The highest BCUT2D eigenvalue weighted by molar-refractivity contribution is 7.80. The number of carbonyl (C=O) groups excluding carboxylic acids is 1. The molecule has 0 saturated heterocycles. The molecule has 118 valence electrons. The Labute approximate surface area is 131 Å². The van der Waals surface area contributed by atoms with Crippen molar-refractivity contribution >= 4 is 23.1 Å². The van der Waals surface area contributed by atoms with Crippen molar-refractivity contribution in [2.45, 2.75) is 59.5 Å².